The molecule has 14 nitrogen and oxygen atoms in total. The molecule has 4 N–H and O–H groups in total. The van der Waals surface area contributed by atoms with Crippen LogP contribution < -0.4 is 15.5 Å². The van der Waals surface area contributed by atoms with E-state index in [1.165, 1.54) is 20.1 Å². The van der Waals surface area contributed by atoms with E-state index < -0.39 is 51.5 Å². The summed E-state index contributed by atoms with van der Waals surface area (Å²) < 4.78 is 26.9. The summed E-state index contributed by atoms with van der Waals surface area (Å²) in [5.41, 5.74) is 2.36. The maximum atomic E-state index is 15.2. The Morgan fingerprint density at radius 2 is 1.80 bits per heavy atom. The number of ether oxygens (including phenoxy) is 2. The third kappa shape index (κ3) is 6.54. The number of fused-ring (bicyclic) bond motifs is 6. The molecule has 2 unspecified atom stereocenters. The van der Waals surface area contributed by atoms with E-state index in [1.807, 2.05) is 20.0 Å². The van der Waals surface area contributed by atoms with Crippen molar-refractivity contribution in [1.82, 2.24) is 25.4 Å². The van der Waals surface area contributed by atoms with Crippen LogP contribution in [0.25, 0.3) is 10.9 Å². The molecule has 6 heterocycles. The number of carbonyl (C=O) groups excluding carboxylic acids is 5. The van der Waals surface area contributed by atoms with Gasteiger partial charge in [-0.15, -0.1) is 0 Å². The molecule has 1 spiro atoms. The Morgan fingerprint density at radius 1 is 1.05 bits per heavy atom. The van der Waals surface area contributed by atoms with Crippen molar-refractivity contribution >= 4 is 40.7 Å². The highest BCUT2D eigenvalue weighted by Crippen LogP contribution is 2.68. The molecule has 2 saturated heterocycles. The van der Waals surface area contributed by atoms with Crippen LogP contribution in [0.4, 0.5) is 14.9 Å². The smallest absolute Gasteiger partial charge is 0.373 e. The molecule has 2 aromatic carbocycles. The summed E-state index contributed by atoms with van der Waals surface area (Å²) in [6, 6.07) is 8.47. The van der Waals surface area contributed by atoms with E-state index in [9.17, 15) is 19.5 Å². The van der Waals surface area contributed by atoms with Gasteiger partial charge >= 0.3 is 24.1 Å². The second kappa shape index (κ2) is 16.4. The van der Waals surface area contributed by atoms with Crippen molar-refractivity contribution < 1.29 is 42.9 Å². The number of aliphatic hydroxyl groups is 1. The number of rotatable bonds is 7. The Kier molecular flexibility index (Phi) is 11.7. The fourth-order valence-corrected chi connectivity index (χ4v) is 14.2. The number of aromatic amines is 1. The van der Waals surface area contributed by atoms with E-state index in [4.69, 9.17) is 19.1 Å². The summed E-state index contributed by atoms with van der Waals surface area (Å²) >= 11 is 0. The second-order valence-corrected chi connectivity index (χ2v) is 19.5. The Hall–Kier alpha value is -5.08. The predicted octanol–water partition coefficient (Wildman–Crippen LogP) is 5.02. The Labute approximate surface area is 374 Å². The molecule has 1 aliphatic carbocycles. The average molecular weight is 883 g/mol. The van der Waals surface area contributed by atoms with Crippen molar-refractivity contribution in [2.75, 3.05) is 58.3 Å². The topological polar surface area (TPSA) is 174 Å². The first-order chi connectivity index (χ1) is 30.5. The highest BCUT2D eigenvalue weighted by molar-refractivity contribution is 5.88. The number of carbonyl (C=O) groups is 3. The van der Waals surface area contributed by atoms with Crippen LogP contribution in [0.15, 0.2) is 42.5 Å². The fraction of sp³-hybridized carbons (Fsp3) is 0.592. The number of anilines is 1. The van der Waals surface area contributed by atoms with Crippen molar-refractivity contribution in [1.29, 1.82) is 0 Å². The highest BCUT2D eigenvalue weighted by atomic mass is 19.1. The zero-order valence-corrected chi connectivity index (χ0v) is 38.4. The first-order valence-corrected chi connectivity index (χ1v) is 22.8. The van der Waals surface area contributed by atoms with Crippen LogP contribution in [0.3, 0.4) is 0 Å². The SMILES string of the molecule is CCNC(=O)NC1(CC)C[C@H]2CN(CCc3c([nH]c4ccc(F)cc34)[C@@](C)(c3cc4c(cc3C)N(C)[C@H]3[C@@](O)(C(=O)OC)[C@H](OC(C)=O)[C@]5(CC)C=CCN6CC[C@]43[C@@H]65)C2)C1.O=C=O. The van der Waals surface area contributed by atoms with Crippen molar-refractivity contribution in [3.05, 3.63) is 76.2 Å². The van der Waals surface area contributed by atoms with Crippen molar-refractivity contribution in [2.24, 2.45) is 11.3 Å². The van der Waals surface area contributed by atoms with Gasteiger partial charge in [0.05, 0.1) is 18.7 Å². The van der Waals surface area contributed by atoms with Gasteiger partial charge in [-0.25, -0.2) is 14.0 Å². The van der Waals surface area contributed by atoms with E-state index in [2.05, 4.69) is 82.3 Å². The Morgan fingerprint density at radius 3 is 2.47 bits per heavy atom. The number of aromatic nitrogens is 1. The van der Waals surface area contributed by atoms with Crippen molar-refractivity contribution in [3.63, 3.8) is 0 Å². The fourth-order valence-electron chi connectivity index (χ4n) is 14.2. The molecule has 64 heavy (non-hydrogen) atoms. The number of hydrogen-bond donors (Lipinski definition) is 4. The molecule has 9 rings (SSSR count). The van der Waals surface area contributed by atoms with E-state index in [-0.39, 0.29) is 30.0 Å². The van der Waals surface area contributed by atoms with Crippen LogP contribution in [0.2, 0.25) is 0 Å². The molecular weight excluding hydrogens is 820 g/mol. The second-order valence-electron chi connectivity index (χ2n) is 19.5. The lowest BCUT2D eigenvalue weighted by atomic mass is 9.47. The summed E-state index contributed by atoms with van der Waals surface area (Å²) in [6.07, 6.45) is 7.49. The summed E-state index contributed by atoms with van der Waals surface area (Å²) in [5.74, 6) is -1.46. The third-order valence-electron chi connectivity index (χ3n) is 16.3. The van der Waals surface area contributed by atoms with Gasteiger partial charge < -0.3 is 40.0 Å². The molecule has 344 valence electrons. The average Bonchev–Trinajstić information content (AvgIpc) is 3.91. The molecule has 10 atom stereocenters. The van der Waals surface area contributed by atoms with E-state index >= 15 is 4.39 Å². The highest BCUT2D eigenvalue weighted by Gasteiger charge is 2.80. The Bertz CT molecular complexity index is 2430. The third-order valence-corrected chi connectivity index (χ3v) is 16.3. The number of benzene rings is 2. The number of likely N-dealkylation sites (N-methyl/N-ethyl adjacent to an activating group) is 1. The summed E-state index contributed by atoms with van der Waals surface area (Å²) in [5, 5.41) is 20.6. The van der Waals surface area contributed by atoms with Gasteiger partial charge in [0.15, 0.2) is 6.10 Å². The van der Waals surface area contributed by atoms with Gasteiger partial charge in [-0.2, -0.15) is 9.59 Å². The first kappa shape index (κ1) is 45.5. The summed E-state index contributed by atoms with van der Waals surface area (Å²) in [6.45, 7) is 16.3. The van der Waals surface area contributed by atoms with Gasteiger partial charge in [-0.05, 0) is 118 Å². The van der Waals surface area contributed by atoms with Crippen LogP contribution in [-0.4, -0.2) is 127 Å². The number of urea groups is 1. The number of aryl methyl sites for hydroxylation is 1. The van der Waals surface area contributed by atoms with E-state index in [0.717, 1.165) is 90.0 Å². The van der Waals surface area contributed by atoms with Crippen LogP contribution in [0.5, 0.6) is 0 Å². The number of hydrogen-bond acceptors (Lipinski definition) is 11. The quantitative estimate of drug-likeness (QED) is 0.186. The number of piperidine rings is 1. The largest absolute Gasteiger partial charge is 0.467 e. The van der Waals surface area contributed by atoms with Gasteiger partial charge in [0, 0.05) is 91.3 Å². The normalized spacial score (nSPS) is 34.6. The van der Waals surface area contributed by atoms with Gasteiger partial charge in [-0.3, -0.25) is 9.69 Å². The summed E-state index contributed by atoms with van der Waals surface area (Å²) in [7, 11) is 3.24. The molecule has 5 aliphatic heterocycles. The number of esters is 2. The van der Waals surface area contributed by atoms with Crippen molar-refractivity contribution in [3.8, 4) is 0 Å². The lowest BCUT2D eigenvalue weighted by molar-refractivity contribution is -0.228. The molecule has 3 aromatic rings. The molecule has 2 amide bonds. The summed E-state index contributed by atoms with van der Waals surface area (Å²) in [4.78, 5) is 67.7. The van der Waals surface area contributed by atoms with Crippen LogP contribution in [0.1, 0.15) is 94.7 Å². The molecule has 15 heteroatoms. The van der Waals surface area contributed by atoms with Crippen LogP contribution in [0, 0.1) is 24.1 Å². The molecular formula is C49H63FN6O8. The molecule has 6 aliphatic rings. The number of amides is 2. The zero-order chi connectivity index (χ0) is 46.1. The van der Waals surface area contributed by atoms with Crippen molar-refractivity contribution in [2.45, 2.75) is 120 Å². The number of halogens is 1. The zero-order valence-electron chi connectivity index (χ0n) is 38.4. The Balaban J connectivity index is 0.00000182. The minimum Gasteiger partial charge on any atom is -0.467 e. The molecule has 0 radical (unpaired) electrons. The van der Waals surface area contributed by atoms with Gasteiger partial charge in [0.1, 0.15) is 5.82 Å². The van der Waals surface area contributed by atoms with Gasteiger partial charge in [0.25, 0.3) is 0 Å². The van der Waals surface area contributed by atoms with Crippen LogP contribution >= 0.6 is 0 Å². The standard InChI is InChI=1S/C48H63FN6O6.CO2/c1-9-45(52-43(58)50-11-3)25-30-24-44(6,38-32(15-19-54(26-30)27-45)33-22-31(49)13-14-36(33)51-38)34-23-35-37(21-28(34)4)53(7)40-47(35)17-20-55-18-12-16-46(10-2,39(47)55)41(61-29(5)56)48(40,59)42(57)60-8;2-1-3/h12-14,16,21-23,30,39-41,51,59H,9-11,15,17-20,24-27H2,1-8H3,(H2,50,52,58);/t30-,39-,40+,41+,44+,45?,46+,47+,48-;/m0./s1. The molecule has 1 saturated carbocycles. The van der Waals surface area contributed by atoms with E-state index in [0.29, 0.717) is 32.4 Å². The lowest BCUT2D eigenvalue weighted by Gasteiger charge is -2.63. The predicted molar refractivity (Wildman–Crippen MR) is 237 cm³/mol. The minimum absolute atomic E-state index is 0.150. The van der Waals surface area contributed by atoms with E-state index in [1.54, 1.807) is 6.07 Å². The number of nitrogens with zero attached hydrogens (tertiary/aromatic N) is 3. The first-order valence-electron chi connectivity index (χ1n) is 22.8. The maximum Gasteiger partial charge on any atom is 0.373 e. The number of nitrogens with one attached hydrogen (secondary N) is 3. The molecule has 2 bridgehead atoms. The molecule has 1 aromatic heterocycles. The van der Waals surface area contributed by atoms with Crippen LogP contribution in [-0.2, 0) is 45.9 Å². The monoisotopic (exact) mass is 882 g/mol. The minimum atomic E-state index is -2.21. The maximum absolute atomic E-state index is 15.2. The lowest BCUT2D eigenvalue weighted by Crippen LogP contribution is -2.81. The number of methoxy groups -OCH3 is 1. The van der Waals surface area contributed by atoms with Gasteiger partial charge in [-0.1, -0.05) is 32.1 Å². The molecule has 3 fully saturated rings. The van der Waals surface area contributed by atoms with Gasteiger partial charge in [0.2, 0.25) is 5.60 Å². The number of H-pyrrole nitrogens is 1.